The van der Waals surface area contributed by atoms with E-state index >= 15 is 0 Å². The first-order valence-electron chi connectivity index (χ1n) is 15.8. The molecule has 0 spiro atoms. The molecule has 6 N–H and O–H groups in total. The van der Waals surface area contributed by atoms with E-state index in [1.54, 1.807) is 24.5 Å². The molecule has 0 aliphatic heterocycles. The zero-order chi connectivity index (χ0) is 33.0. The van der Waals surface area contributed by atoms with E-state index < -0.39 is 12.1 Å². The minimum atomic E-state index is -0.688. The smallest absolute Gasteiger partial charge is 0.242 e. The fourth-order valence-electron chi connectivity index (χ4n) is 4.71. The molecule has 0 fully saturated rings. The Morgan fingerprint density at radius 1 is 0.739 bits per heavy atom. The molecule has 9 heteroatoms. The van der Waals surface area contributed by atoms with Crippen LogP contribution in [0.5, 0.6) is 0 Å². The number of nitrogen functional groups attached to an aromatic ring is 1. The summed E-state index contributed by atoms with van der Waals surface area (Å²) in [5.74, 6) is 0.275. The van der Waals surface area contributed by atoms with Crippen molar-refractivity contribution in [2.75, 3.05) is 0 Å². The van der Waals surface area contributed by atoms with Crippen molar-refractivity contribution in [2.45, 2.75) is 70.3 Å². The van der Waals surface area contributed by atoms with Crippen molar-refractivity contribution in [3.8, 4) is 0 Å². The van der Waals surface area contributed by atoms with Crippen LogP contribution in [0.3, 0.4) is 0 Å². The van der Waals surface area contributed by atoms with Crippen LogP contribution in [0, 0.1) is 5.41 Å². The Bertz CT molecular complexity index is 1450. The first kappa shape index (κ1) is 36.0. The molecule has 242 valence electrons. The Kier molecular flexibility index (Phi) is 16.1. The van der Waals surface area contributed by atoms with Gasteiger partial charge >= 0.3 is 0 Å². The van der Waals surface area contributed by atoms with Crippen molar-refractivity contribution in [1.82, 2.24) is 20.3 Å². The number of carbonyl (C=O) groups excluding carboxylic acids is 2. The van der Waals surface area contributed by atoms with Gasteiger partial charge in [-0.15, -0.1) is 0 Å². The Hall–Kier alpha value is -4.47. The molecule has 2 atom stereocenters. The number of benzene rings is 3. The highest BCUT2D eigenvalue weighted by Crippen LogP contribution is 2.14. The molecule has 2 unspecified atom stereocenters. The van der Waals surface area contributed by atoms with E-state index in [1.807, 2.05) is 74.5 Å². The van der Waals surface area contributed by atoms with Gasteiger partial charge in [0.05, 0.1) is 6.04 Å². The van der Waals surface area contributed by atoms with E-state index in [0.717, 1.165) is 29.5 Å². The third kappa shape index (κ3) is 12.9. The molecule has 3 aromatic carbocycles. The summed E-state index contributed by atoms with van der Waals surface area (Å²) >= 11 is 1.49. The number of hydrogen-bond donors (Lipinski definition) is 5. The van der Waals surface area contributed by atoms with Crippen LogP contribution < -0.4 is 21.1 Å². The predicted octanol–water partition coefficient (Wildman–Crippen LogP) is 5.96. The summed E-state index contributed by atoms with van der Waals surface area (Å²) in [5.41, 5.74) is 10.5. The van der Waals surface area contributed by atoms with Crippen LogP contribution in [-0.2, 0) is 34.7 Å². The minimum Gasteiger partial charge on any atom is -0.384 e. The third-order valence-electron chi connectivity index (χ3n) is 7.26. The summed E-state index contributed by atoms with van der Waals surface area (Å²) < 4.78 is 3.37. The Morgan fingerprint density at radius 2 is 1.35 bits per heavy atom. The molecular formula is C37H46N6O2S. The molecule has 4 aromatic rings. The number of nitrogens with zero attached hydrogens (tertiary/aromatic N) is 1. The zero-order valence-corrected chi connectivity index (χ0v) is 27.6. The molecule has 0 saturated heterocycles. The topological polar surface area (TPSA) is 133 Å². The number of carbonyl (C=O) groups is 2. The van der Waals surface area contributed by atoms with Gasteiger partial charge < -0.3 is 16.4 Å². The molecule has 0 aliphatic rings. The summed E-state index contributed by atoms with van der Waals surface area (Å²) in [6.07, 6.45) is 6.83. The van der Waals surface area contributed by atoms with Gasteiger partial charge in [-0.1, -0.05) is 111 Å². The van der Waals surface area contributed by atoms with E-state index in [0.29, 0.717) is 37.1 Å². The van der Waals surface area contributed by atoms with Crippen LogP contribution in [0.2, 0.25) is 0 Å². The van der Waals surface area contributed by atoms with E-state index in [4.69, 9.17) is 11.1 Å². The van der Waals surface area contributed by atoms with Crippen molar-refractivity contribution >= 4 is 29.6 Å². The second-order valence-corrected chi connectivity index (χ2v) is 11.4. The van der Waals surface area contributed by atoms with Gasteiger partial charge in [-0.2, -0.15) is 0 Å². The van der Waals surface area contributed by atoms with Gasteiger partial charge in [0.2, 0.25) is 11.8 Å². The number of hydrogen-bond acceptors (Lipinski definition) is 6. The van der Waals surface area contributed by atoms with Crippen LogP contribution in [0.4, 0.5) is 0 Å². The first-order valence-corrected chi connectivity index (χ1v) is 16.8. The maximum Gasteiger partial charge on any atom is 0.242 e. The van der Waals surface area contributed by atoms with Crippen LogP contribution in [0.25, 0.3) is 0 Å². The lowest BCUT2D eigenvalue weighted by Gasteiger charge is -2.23. The highest BCUT2D eigenvalue weighted by molar-refractivity contribution is 7.96. The van der Waals surface area contributed by atoms with Gasteiger partial charge in [0.15, 0.2) is 0 Å². The second-order valence-electron chi connectivity index (χ2n) is 10.6. The Balaban J connectivity index is 0.00000282. The van der Waals surface area contributed by atoms with E-state index in [-0.39, 0.29) is 17.6 Å². The third-order valence-corrected chi connectivity index (χ3v) is 8.19. The maximum absolute atomic E-state index is 13.7. The average molecular weight is 639 g/mol. The van der Waals surface area contributed by atoms with Crippen molar-refractivity contribution in [2.24, 2.45) is 5.73 Å². The summed E-state index contributed by atoms with van der Waals surface area (Å²) in [5, 5.41) is 13.6. The number of aromatic nitrogens is 1. The summed E-state index contributed by atoms with van der Waals surface area (Å²) in [6, 6.07) is 30.1. The molecule has 0 radical (unpaired) electrons. The highest BCUT2D eigenvalue weighted by atomic mass is 32.2. The van der Waals surface area contributed by atoms with Gasteiger partial charge in [-0.3, -0.25) is 24.7 Å². The van der Waals surface area contributed by atoms with Gasteiger partial charge in [-0.05, 0) is 66.5 Å². The quantitative estimate of drug-likeness (QED) is 0.0551. The number of rotatable bonds is 17. The Labute approximate surface area is 277 Å². The molecule has 2 amide bonds. The van der Waals surface area contributed by atoms with E-state index in [1.165, 1.54) is 17.5 Å². The standard InChI is InChI=1S/C35H40N6O2S.C2H6/c36-33(37)30-17-14-28(15-18-30)24-39-34(42)31(13-7-12-26-8-3-1-4-9-26)40-35(43)32(19-16-27-20-22-38-23-21-27)41-44-25-29-10-5-2-6-11-29;1-2/h1-6,8-11,14-15,17-18,20-23,31-32,41H,7,12-13,16,19,24-25H2,(H3,36,37)(H,39,42)(H,40,43);1-2H3. The maximum atomic E-state index is 13.7. The molecule has 46 heavy (non-hydrogen) atoms. The molecule has 0 bridgehead atoms. The number of pyridine rings is 1. The lowest BCUT2D eigenvalue weighted by molar-refractivity contribution is -0.130. The minimum absolute atomic E-state index is 0.00388. The van der Waals surface area contributed by atoms with Crippen LogP contribution in [-0.4, -0.2) is 34.7 Å². The van der Waals surface area contributed by atoms with Crippen LogP contribution in [0.1, 0.15) is 60.9 Å². The second kappa shape index (κ2) is 20.5. The summed E-state index contributed by atoms with van der Waals surface area (Å²) in [4.78, 5) is 31.3. The monoisotopic (exact) mass is 638 g/mol. The lowest BCUT2D eigenvalue weighted by Crippen LogP contribution is -2.52. The van der Waals surface area contributed by atoms with Crippen molar-refractivity contribution in [3.63, 3.8) is 0 Å². The number of nitrogens with one attached hydrogen (secondary N) is 4. The normalized spacial score (nSPS) is 11.8. The van der Waals surface area contributed by atoms with Crippen LogP contribution in [0.15, 0.2) is 109 Å². The van der Waals surface area contributed by atoms with Crippen molar-refractivity contribution in [1.29, 1.82) is 5.41 Å². The van der Waals surface area contributed by atoms with Gasteiger partial charge in [-0.25, -0.2) is 0 Å². The highest BCUT2D eigenvalue weighted by Gasteiger charge is 2.25. The van der Waals surface area contributed by atoms with E-state index in [9.17, 15) is 9.59 Å². The molecule has 0 aliphatic carbocycles. The number of amides is 2. The van der Waals surface area contributed by atoms with Gasteiger partial charge in [0.1, 0.15) is 11.9 Å². The van der Waals surface area contributed by atoms with Crippen molar-refractivity contribution < 1.29 is 9.59 Å². The molecular weight excluding hydrogens is 593 g/mol. The van der Waals surface area contributed by atoms with Gasteiger partial charge in [0.25, 0.3) is 0 Å². The summed E-state index contributed by atoms with van der Waals surface area (Å²) in [7, 11) is 0. The predicted molar refractivity (Wildman–Crippen MR) is 189 cm³/mol. The molecule has 1 heterocycles. The summed E-state index contributed by atoms with van der Waals surface area (Å²) in [6.45, 7) is 4.30. The number of amidine groups is 1. The molecule has 4 rings (SSSR count). The fourth-order valence-corrected chi connectivity index (χ4v) is 5.58. The largest absolute Gasteiger partial charge is 0.384 e. The molecule has 8 nitrogen and oxygen atoms in total. The molecule has 0 saturated carbocycles. The molecule has 1 aromatic heterocycles. The van der Waals surface area contributed by atoms with Crippen molar-refractivity contribution in [3.05, 3.63) is 137 Å². The van der Waals surface area contributed by atoms with Crippen LogP contribution >= 0.6 is 11.9 Å². The lowest BCUT2D eigenvalue weighted by atomic mass is 10.0. The fraction of sp³-hybridized carbons (Fsp3) is 0.297. The first-order chi connectivity index (χ1) is 22.5. The zero-order valence-electron chi connectivity index (χ0n) is 26.7. The number of aryl methyl sites for hydroxylation is 2. The van der Waals surface area contributed by atoms with Gasteiger partial charge in [0, 0.05) is 30.3 Å². The SMILES string of the molecule is CC.N=C(N)c1ccc(CNC(=O)C(CCCc2ccccc2)NC(=O)C(CCc2ccncc2)NSCc2ccccc2)cc1. The average Bonchev–Trinajstić information content (AvgIpc) is 3.10. The van der Waals surface area contributed by atoms with E-state index in [2.05, 4.69) is 44.6 Å². The number of nitrogens with two attached hydrogens (primary N) is 1. The Morgan fingerprint density at radius 3 is 1.98 bits per heavy atom.